The standard InChI is InChI=1S/C14H21NO/c1-4-11(2)10-14(16)15-12(3)13-8-6-5-7-9-13/h5-9,11-12H,4,10H2,1-3H3,(H,15,16)/t11-,12+/m0/s1. The molecular formula is C14H21NO. The molecule has 2 heteroatoms. The highest BCUT2D eigenvalue weighted by molar-refractivity contribution is 5.76. The SMILES string of the molecule is CC[C@H](C)CC(=O)N[C@H](C)c1ccccc1. The Bertz CT molecular complexity index is 321. The highest BCUT2D eigenvalue weighted by atomic mass is 16.1. The Hall–Kier alpha value is -1.31. The number of amides is 1. The van der Waals surface area contributed by atoms with Crippen LogP contribution in [-0.4, -0.2) is 5.91 Å². The van der Waals surface area contributed by atoms with Crippen molar-refractivity contribution in [2.45, 2.75) is 39.7 Å². The van der Waals surface area contributed by atoms with Crippen molar-refractivity contribution in [3.8, 4) is 0 Å². The van der Waals surface area contributed by atoms with Crippen molar-refractivity contribution in [1.82, 2.24) is 5.32 Å². The first-order chi connectivity index (χ1) is 7.63. The Labute approximate surface area is 98.1 Å². The molecule has 0 heterocycles. The number of rotatable bonds is 5. The average molecular weight is 219 g/mol. The molecule has 1 N–H and O–H groups in total. The van der Waals surface area contributed by atoms with Crippen LogP contribution in [0.2, 0.25) is 0 Å². The van der Waals surface area contributed by atoms with Gasteiger partial charge in [-0.2, -0.15) is 0 Å². The van der Waals surface area contributed by atoms with Crippen LogP contribution < -0.4 is 5.32 Å². The number of nitrogens with one attached hydrogen (secondary N) is 1. The summed E-state index contributed by atoms with van der Waals surface area (Å²) in [7, 11) is 0. The Morgan fingerprint density at radius 3 is 2.44 bits per heavy atom. The van der Waals surface area contributed by atoms with Crippen LogP contribution >= 0.6 is 0 Å². The number of hydrogen-bond acceptors (Lipinski definition) is 1. The molecule has 0 aliphatic carbocycles. The summed E-state index contributed by atoms with van der Waals surface area (Å²) in [6, 6.07) is 10.1. The van der Waals surface area contributed by atoms with E-state index in [0.717, 1.165) is 12.0 Å². The maximum atomic E-state index is 11.7. The van der Waals surface area contributed by atoms with E-state index < -0.39 is 0 Å². The molecule has 0 spiro atoms. The minimum absolute atomic E-state index is 0.0951. The van der Waals surface area contributed by atoms with Gasteiger partial charge < -0.3 is 5.32 Å². The van der Waals surface area contributed by atoms with Crippen LogP contribution in [0.5, 0.6) is 0 Å². The maximum Gasteiger partial charge on any atom is 0.220 e. The molecule has 0 aliphatic heterocycles. The molecule has 0 saturated carbocycles. The Morgan fingerprint density at radius 2 is 1.88 bits per heavy atom. The lowest BCUT2D eigenvalue weighted by atomic mass is 10.0. The molecule has 2 nitrogen and oxygen atoms in total. The number of carbonyl (C=O) groups is 1. The molecule has 2 atom stereocenters. The van der Waals surface area contributed by atoms with Gasteiger partial charge in [0.15, 0.2) is 0 Å². The van der Waals surface area contributed by atoms with Gasteiger partial charge in [0, 0.05) is 6.42 Å². The molecular weight excluding hydrogens is 198 g/mol. The maximum absolute atomic E-state index is 11.7. The van der Waals surface area contributed by atoms with Crippen LogP contribution in [0.1, 0.15) is 45.2 Å². The quantitative estimate of drug-likeness (QED) is 0.809. The lowest BCUT2D eigenvalue weighted by Crippen LogP contribution is -2.27. The first-order valence-electron chi connectivity index (χ1n) is 5.97. The number of hydrogen-bond donors (Lipinski definition) is 1. The fourth-order valence-electron chi connectivity index (χ4n) is 1.59. The van der Waals surface area contributed by atoms with Crippen LogP contribution in [0, 0.1) is 5.92 Å². The van der Waals surface area contributed by atoms with Crippen molar-refractivity contribution >= 4 is 5.91 Å². The summed E-state index contributed by atoms with van der Waals surface area (Å²) in [6.07, 6.45) is 1.67. The smallest absolute Gasteiger partial charge is 0.220 e. The van der Waals surface area contributed by atoms with E-state index in [0.29, 0.717) is 12.3 Å². The van der Waals surface area contributed by atoms with Gasteiger partial charge in [0.25, 0.3) is 0 Å². The fraction of sp³-hybridized carbons (Fsp3) is 0.500. The summed E-state index contributed by atoms with van der Waals surface area (Å²) < 4.78 is 0. The van der Waals surface area contributed by atoms with Gasteiger partial charge >= 0.3 is 0 Å². The zero-order chi connectivity index (χ0) is 12.0. The molecule has 16 heavy (non-hydrogen) atoms. The zero-order valence-corrected chi connectivity index (χ0v) is 10.4. The van der Waals surface area contributed by atoms with Crippen molar-refractivity contribution in [3.05, 3.63) is 35.9 Å². The summed E-state index contributed by atoms with van der Waals surface area (Å²) in [5.74, 6) is 0.605. The summed E-state index contributed by atoms with van der Waals surface area (Å²) in [6.45, 7) is 6.23. The van der Waals surface area contributed by atoms with Crippen LogP contribution in [0.25, 0.3) is 0 Å². The van der Waals surface area contributed by atoms with Crippen LogP contribution in [0.4, 0.5) is 0 Å². The van der Waals surface area contributed by atoms with E-state index in [-0.39, 0.29) is 11.9 Å². The Morgan fingerprint density at radius 1 is 1.25 bits per heavy atom. The largest absolute Gasteiger partial charge is 0.350 e. The van der Waals surface area contributed by atoms with Gasteiger partial charge in [-0.3, -0.25) is 4.79 Å². The normalized spacial score (nSPS) is 14.2. The van der Waals surface area contributed by atoms with Crippen LogP contribution in [0.15, 0.2) is 30.3 Å². The zero-order valence-electron chi connectivity index (χ0n) is 10.4. The van der Waals surface area contributed by atoms with E-state index in [9.17, 15) is 4.79 Å². The summed E-state index contributed by atoms with van der Waals surface area (Å²) >= 11 is 0. The van der Waals surface area contributed by atoms with E-state index >= 15 is 0 Å². The van der Waals surface area contributed by atoms with Gasteiger partial charge in [-0.15, -0.1) is 0 Å². The van der Waals surface area contributed by atoms with Crippen molar-refractivity contribution in [1.29, 1.82) is 0 Å². The van der Waals surface area contributed by atoms with Gasteiger partial charge in [0.1, 0.15) is 0 Å². The second-order valence-corrected chi connectivity index (χ2v) is 4.42. The third-order valence-electron chi connectivity index (χ3n) is 2.91. The number of carbonyl (C=O) groups excluding carboxylic acids is 1. The first-order valence-corrected chi connectivity index (χ1v) is 5.97. The van der Waals surface area contributed by atoms with Crippen molar-refractivity contribution < 1.29 is 4.79 Å². The lowest BCUT2D eigenvalue weighted by Gasteiger charge is -2.15. The van der Waals surface area contributed by atoms with Crippen LogP contribution in [0.3, 0.4) is 0 Å². The highest BCUT2D eigenvalue weighted by Gasteiger charge is 2.11. The molecule has 0 bridgehead atoms. The molecule has 0 radical (unpaired) electrons. The number of benzene rings is 1. The van der Waals surface area contributed by atoms with Gasteiger partial charge in [-0.1, -0.05) is 50.6 Å². The first kappa shape index (κ1) is 12.8. The van der Waals surface area contributed by atoms with Gasteiger partial charge in [0.05, 0.1) is 6.04 Å². The molecule has 1 rings (SSSR count). The summed E-state index contributed by atoms with van der Waals surface area (Å²) in [5.41, 5.74) is 1.15. The minimum atomic E-state index is 0.0951. The second-order valence-electron chi connectivity index (χ2n) is 4.42. The Kier molecular flexibility index (Phi) is 5.03. The molecule has 1 aromatic carbocycles. The average Bonchev–Trinajstić information content (AvgIpc) is 2.29. The third kappa shape index (κ3) is 4.05. The summed E-state index contributed by atoms with van der Waals surface area (Å²) in [4.78, 5) is 11.7. The molecule has 1 amide bonds. The van der Waals surface area contributed by atoms with Gasteiger partial charge in [0.2, 0.25) is 5.91 Å². The van der Waals surface area contributed by atoms with Gasteiger partial charge in [-0.25, -0.2) is 0 Å². The van der Waals surface area contributed by atoms with E-state index in [1.807, 2.05) is 37.3 Å². The third-order valence-corrected chi connectivity index (χ3v) is 2.91. The van der Waals surface area contributed by atoms with E-state index in [2.05, 4.69) is 19.2 Å². The molecule has 0 unspecified atom stereocenters. The van der Waals surface area contributed by atoms with E-state index in [1.54, 1.807) is 0 Å². The Balaban J connectivity index is 2.46. The molecule has 0 fully saturated rings. The predicted molar refractivity (Wildman–Crippen MR) is 67.1 cm³/mol. The van der Waals surface area contributed by atoms with Crippen LogP contribution in [-0.2, 0) is 4.79 Å². The highest BCUT2D eigenvalue weighted by Crippen LogP contribution is 2.12. The molecule has 0 saturated heterocycles. The van der Waals surface area contributed by atoms with E-state index in [4.69, 9.17) is 0 Å². The van der Waals surface area contributed by atoms with Gasteiger partial charge in [-0.05, 0) is 18.4 Å². The fourth-order valence-corrected chi connectivity index (χ4v) is 1.59. The summed E-state index contributed by atoms with van der Waals surface area (Å²) in [5, 5.41) is 3.02. The molecule has 1 aromatic rings. The lowest BCUT2D eigenvalue weighted by molar-refractivity contribution is -0.122. The van der Waals surface area contributed by atoms with Crippen molar-refractivity contribution in [2.75, 3.05) is 0 Å². The topological polar surface area (TPSA) is 29.1 Å². The predicted octanol–water partition coefficient (Wildman–Crippen LogP) is 3.30. The molecule has 88 valence electrons. The van der Waals surface area contributed by atoms with E-state index in [1.165, 1.54) is 0 Å². The molecule has 0 aromatic heterocycles. The monoisotopic (exact) mass is 219 g/mol. The minimum Gasteiger partial charge on any atom is -0.350 e. The van der Waals surface area contributed by atoms with Crippen molar-refractivity contribution in [2.24, 2.45) is 5.92 Å². The molecule has 0 aliphatic rings. The second kappa shape index (κ2) is 6.31. The van der Waals surface area contributed by atoms with Crippen molar-refractivity contribution in [3.63, 3.8) is 0 Å².